The Labute approximate surface area is 131 Å². The van der Waals surface area contributed by atoms with Crippen molar-refractivity contribution < 1.29 is 9.90 Å². The summed E-state index contributed by atoms with van der Waals surface area (Å²) in [6, 6.07) is 2.26. The summed E-state index contributed by atoms with van der Waals surface area (Å²) >= 11 is 1.63. The second kappa shape index (κ2) is 7.38. The van der Waals surface area contributed by atoms with E-state index in [0.29, 0.717) is 0 Å². The van der Waals surface area contributed by atoms with Gasteiger partial charge in [-0.25, -0.2) is 0 Å². The summed E-state index contributed by atoms with van der Waals surface area (Å²) in [5.41, 5.74) is 1.23. The summed E-state index contributed by atoms with van der Waals surface area (Å²) in [7, 11) is 0. The molecular weight excluding hydrogens is 284 g/mol. The number of hydrogen-bond donors (Lipinski definition) is 1. The van der Waals surface area contributed by atoms with Crippen molar-refractivity contribution >= 4 is 17.2 Å². The summed E-state index contributed by atoms with van der Waals surface area (Å²) in [4.78, 5) is 19.0. The monoisotopic (exact) mass is 310 g/mol. The van der Waals surface area contributed by atoms with Crippen LogP contribution >= 0.6 is 11.3 Å². The van der Waals surface area contributed by atoms with Gasteiger partial charge in [-0.1, -0.05) is 13.8 Å². The Bertz CT molecular complexity index is 475. The number of thiophene rings is 1. The van der Waals surface area contributed by atoms with Gasteiger partial charge in [0, 0.05) is 37.1 Å². The number of amides is 1. The van der Waals surface area contributed by atoms with Gasteiger partial charge < -0.3 is 10.0 Å². The minimum absolute atomic E-state index is 0.166. The number of hydrogen-bond acceptors (Lipinski definition) is 4. The highest BCUT2D eigenvalue weighted by molar-refractivity contribution is 7.14. The predicted octanol–water partition coefficient (Wildman–Crippen LogP) is 2.15. The van der Waals surface area contributed by atoms with Crippen LogP contribution < -0.4 is 0 Å². The largest absolute Gasteiger partial charge is 0.395 e. The summed E-state index contributed by atoms with van der Waals surface area (Å²) in [6.07, 6.45) is 1.95. The summed E-state index contributed by atoms with van der Waals surface area (Å²) in [5.74, 6) is 0.166. The lowest BCUT2D eigenvalue weighted by Crippen LogP contribution is -2.52. The van der Waals surface area contributed by atoms with Gasteiger partial charge in [0.1, 0.15) is 0 Å². The van der Waals surface area contributed by atoms with Crippen molar-refractivity contribution in [3.63, 3.8) is 0 Å². The van der Waals surface area contributed by atoms with Crippen molar-refractivity contribution in [2.45, 2.75) is 39.7 Å². The summed E-state index contributed by atoms with van der Waals surface area (Å²) in [6.45, 7) is 9.74. The second-order valence-corrected chi connectivity index (χ2v) is 6.78. The molecule has 1 aromatic heterocycles. The van der Waals surface area contributed by atoms with Crippen LogP contribution in [-0.4, -0.2) is 59.6 Å². The van der Waals surface area contributed by atoms with E-state index < -0.39 is 0 Å². The van der Waals surface area contributed by atoms with E-state index in [1.54, 1.807) is 11.3 Å². The van der Waals surface area contributed by atoms with Gasteiger partial charge in [0.15, 0.2) is 0 Å². The molecule has 1 N–H and O–H groups in total. The molecule has 1 fully saturated rings. The van der Waals surface area contributed by atoms with Crippen molar-refractivity contribution in [2.24, 2.45) is 0 Å². The Morgan fingerprint density at radius 2 is 2.00 bits per heavy atom. The number of aryl methyl sites for hydroxylation is 2. The molecule has 1 saturated heterocycles. The minimum atomic E-state index is 0.166. The molecule has 0 bridgehead atoms. The lowest BCUT2D eigenvalue weighted by Gasteiger charge is -2.38. The zero-order valence-corrected chi connectivity index (χ0v) is 14.1. The normalized spacial score (nSPS) is 18.0. The van der Waals surface area contributed by atoms with Crippen LogP contribution in [0.25, 0.3) is 0 Å². The Balaban J connectivity index is 1.96. The highest BCUT2D eigenvalue weighted by atomic mass is 32.1. The fraction of sp³-hybridized carbons (Fsp3) is 0.688. The fourth-order valence-corrected chi connectivity index (χ4v) is 4.01. The Hall–Kier alpha value is -0.910. The number of rotatable bonds is 5. The lowest BCUT2D eigenvalue weighted by molar-refractivity contribution is 0.0476. The topological polar surface area (TPSA) is 43.8 Å². The van der Waals surface area contributed by atoms with Crippen LogP contribution in [0.3, 0.4) is 0 Å². The van der Waals surface area contributed by atoms with Gasteiger partial charge in [0.2, 0.25) is 0 Å². The maximum Gasteiger partial charge on any atom is 0.264 e. The van der Waals surface area contributed by atoms with Gasteiger partial charge in [-0.15, -0.1) is 11.3 Å². The van der Waals surface area contributed by atoms with E-state index in [9.17, 15) is 9.90 Å². The highest BCUT2D eigenvalue weighted by Crippen LogP contribution is 2.24. The third-order valence-corrected chi connectivity index (χ3v) is 5.72. The van der Waals surface area contributed by atoms with Crippen LogP contribution in [-0.2, 0) is 6.42 Å². The minimum Gasteiger partial charge on any atom is -0.395 e. The number of aliphatic hydroxyl groups excluding tert-OH is 1. The van der Waals surface area contributed by atoms with E-state index >= 15 is 0 Å². The number of nitrogens with zero attached hydrogens (tertiary/aromatic N) is 2. The first kappa shape index (κ1) is 16.5. The van der Waals surface area contributed by atoms with Crippen LogP contribution in [0, 0.1) is 6.92 Å². The molecule has 0 radical (unpaired) electrons. The molecular formula is C16H26N2O2S. The molecule has 21 heavy (non-hydrogen) atoms. The average Bonchev–Trinajstić information content (AvgIpc) is 2.89. The van der Waals surface area contributed by atoms with Gasteiger partial charge in [0.05, 0.1) is 11.5 Å². The Morgan fingerprint density at radius 3 is 2.48 bits per heavy atom. The van der Waals surface area contributed by atoms with Gasteiger partial charge >= 0.3 is 0 Å². The molecule has 0 saturated carbocycles. The number of carbonyl (C=O) groups is 1. The standard InChI is InChI=1S/C16H26N2O2S/c1-4-13(11-19)17-6-8-18(9-7-17)16(20)15-10-12(3)14(5-2)21-15/h10,13,19H,4-9,11H2,1-3H3. The first-order chi connectivity index (χ1) is 10.1. The van der Waals surface area contributed by atoms with Crippen LogP contribution in [0.15, 0.2) is 6.07 Å². The van der Waals surface area contributed by atoms with Crippen LogP contribution in [0.4, 0.5) is 0 Å². The fourth-order valence-electron chi connectivity index (χ4n) is 2.92. The molecule has 2 heterocycles. The molecule has 1 amide bonds. The molecule has 1 aliphatic rings. The highest BCUT2D eigenvalue weighted by Gasteiger charge is 2.26. The molecule has 5 heteroatoms. The number of aliphatic hydroxyl groups is 1. The molecule has 1 aromatic rings. The van der Waals surface area contributed by atoms with Crippen LogP contribution in [0.5, 0.6) is 0 Å². The van der Waals surface area contributed by atoms with Crippen LogP contribution in [0.2, 0.25) is 0 Å². The molecule has 1 atom stereocenters. The van der Waals surface area contributed by atoms with Gasteiger partial charge in [-0.3, -0.25) is 9.69 Å². The van der Waals surface area contributed by atoms with Crippen molar-refractivity contribution in [3.05, 3.63) is 21.4 Å². The summed E-state index contributed by atoms with van der Waals surface area (Å²) in [5, 5.41) is 9.37. The predicted molar refractivity (Wildman–Crippen MR) is 87.1 cm³/mol. The molecule has 0 spiro atoms. The lowest BCUT2D eigenvalue weighted by atomic mass is 10.1. The van der Waals surface area contributed by atoms with Gasteiger partial charge in [-0.05, 0) is 31.4 Å². The van der Waals surface area contributed by atoms with Crippen molar-refractivity contribution in [1.29, 1.82) is 0 Å². The summed E-state index contributed by atoms with van der Waals surface area (Å²) < 4.78 is 0. The maximum absolute atomic E-state index is 12.6. The SMILES string of the molecule is CCc1sc(C(=O)N2CCN(C(CC)CO)CC2)cc1C. The average molecular weight is 310 g/mol. The third-order valence-electron chi connectivity index (χ3n) is 4.35. The van der Waals surface area contributed by atoms with E-state index in [4.69, 9.17) is 0 Å². The first-order valence-corrected chi connectivity index (χ1v) is 8.65. The van der Waals surface area contributed by atoms with E-state index in [2.05, 4.69) is 25.7 Å². The zero-order chi connectivity index (χ0) is 15.4. The molecule has 2 rings (SSSR count). The molecule has 0 aliphatic carbocycles. The van der Waals surface area contributed by atoms with E-state index in [1.807, 2.05) is 11.0 Å². The molecule has 1 aliphatic heterocycles. The van der Waals surface area contributed by atoms with Gasteiger partial charge in [-0.2, -0.15) is 0 Å². The van der Waals surface area contributed by atoms with E-state index in [1.165, 1.54) is 10.4 Å². The quantitative estimate of drug-likeness (QED) is 0.906. The number of carbonyl (C=O) groups excluding carboxylic acids is 1. The van der Waals surface area contributed by atoms with E-state index in [0.717, 1.165) is 43.9 Å². The smallest absolute Gasteiger partial charge is 0.264 e. The van der Waals surface area contributed by atoms with Gasteiger partial charge in [0.25, 0.3) is 5.91 Å². The van der Waals surface area contributed by atoms with Crippen molar-refractivity contribution in [3.8, 4) is 0 Å². The first-order valence-electron chi connectivity index (χ1n) is 7.84. The third kappa shape index (κ3) is 3.65. The molecule has 4 nitrogen and oxygen atoms in total. The molecule has 118 valence electrons. The van der Waals surface area contributed by atoms with Crippen LogP contribution in [0.1, 0.15) is 40.4 Å². The zero-order valence-electron chi connectivity index (χ0n) is 13.3. The van der Waals surface area contributed by atoms with Crippen molar-refractivity contribution in [1.82, 2.24) is 9.80 Å². The maximum atomic E-state index is 12.6. The molecule has 1 unspecified atom stereocenters. The second-order valence-electron chi connectivity index (χ2n) is 5.64. The Morgan fingerprint density at radius 1 is 1.33 bits per heavy atom. The number of piperazine rings is 1. The van der Waals surface area contributed by atoms with Crippen molar-refractivity contribution in [2.75, 3.05) is 32.8 Å². The molecule has 0 aromatic carbocycles. The Kier molecular flexibility index (Phi) is 5.79. The van der Waals surface area contributed by atoms with E-state index in [-0.39, 0.29) is 18.6 Å².